The van der Waals surface area contributed by atoms with E-state index in [0.717, 1.165) is 0 Å². The van der Waals surface area contributed by atoms with E-state index in [9.17, 15) is 14.0 Å². The van der Waals surface area contributed by atoms with Crippen LogP contribution in [0.3, 0.4) is 0 Å². The molecule has 0 fully saturated rings. The minimum Gasteiger partial charge on any atom is -0.481 e. The van der Waals surface area contributed by atoms with E-state index < -0.39 is 5.97 Å². The lowest BCUT2D eigenvalue weighted by molar-refractivity contribution is -0.137. The van der Waals surface area contributed by atoms with Gasteiger partial charge in [0.15, 0.2) is 0 Å². The number of nitrogens with zero attached hydrogens (tertiary/aromatic N) is 1. The minimum absolute atomic E-state index is 0.0913. The molecular weight excluding hydrogens is 263 g/mol. The van der Waals surface area contributed by atoms with Crippen molar-refractivity contribution in [1.29, 1.82) is 0 Å². The number of benzene rings is 1. The van der Waals surface area contributed by atoms with Gasteiger partial charge in [-0.1, -0.05) is 0 Å². The monoisotopic (exact) mass is 282 g/mol. The predicted molar refractivity (Wildman–Crippen MR) is 74.3 cm³/mol. The number of hydrogen-bond donors (Lipinski definition) is 2. The molecule has 1 rings (SSSR count). The van der Waals surface area contributed by atoms with Gasteiger partial charge in [0.2, 0.25) is 0 Å². The zero-order chi connectivity index (χ0) is 15.1. The number of carboxylic acid groups (broad SMARTS) is 1. The Labute approximate surface area is 117 Å². The number of hydrogen-bond acceptors (Lipinski definition) is 2. The summed E-state index contributed by atoms with van der Waals surface area (Å²) >= 11 is 0. The van der Waals surface area contributed by atoms with Crippen LogP contribution in [0.2, 0.25) is 0 Å². The Bertz CT molecular complexity index is 462. The van der Waals surface area contributed by atoms with Crippen LogP contribution in [0.1, 0.15) is 26.2 Å². The molecule has 0 aliphatic rings. The Morgan fingerprint density at radius 1 is 1.35 bits per heavy atom. The first-order chi connectivity index (χ1) is 9.40. The number of nitrogens with one attached hydrogen (secondary N) is 1. The highest BCUT2D eigenvalue weighted by Gasteiger charge is 2.13. The fourth-order valence-corrected chi connectivity index (χ4v) is 1.72. The van der Waals surface area contributed by atoms with Crippen LogP contribution in [-0.2, 0) is 4.79 Å². The van der Waals surface area contributed by atoms with E-state index in [2.05, 4.69) is 5.32 Å². The highest BCUT2D eigenvalue weighted by Crippen LogP contribution is 2.13. The molecule has 0 aliphatic carbocycles. The summed E-state index contributed by atoms with van der Waals surface area (Å²) in [6, 6.07) is 5.18. The molecule has 0 radical (unpaired) electrons. The van der Waals surface area contributed by atoms with Gasteiger partial charge in [-0.3, -0.25) is 9.69 Å². The number of rotatable bonds is 6. The van der Waals surface area contributed by atoms with Gasteiger partial charge in [0.05, 0.1) is 0 Å². The number of anilines is 1. The van der Waals surface area contributed by atoms with Crippen molar-refractivity contribution in [2.24, 2.45) is 0 Å². The number of amides is 2. The van der Waals surface area contributed by atoms with Crippen LogP contribution < -0.4 is 10.2 Å². The first kappa shape index (κ1) is 15.9. The molecule has 0 saturated carbocycles. The van der Waals surface area contributed by atoms with Gasteiger partial charge in [0.1, 0.15) is 5.82 Å². The second-order valence-corrected chi connectivity index (χ2v) is 4.67. The van der Waals surface area contributed by atoms with Gasteiger partial charge < -0.3 is 10.4 Å². The predicted octanol–water partition coefficient (Wildman–Crippen LogP) is 2.61. The van der Waals surface area contributed by atoms with Gasteiger partial charge in [0, 0.05) is 25.2 Å². The van der Waals surface area contributed by atoms with Gasteiger partial charge in [-0.05, 0) is 44.0 Å². The molecule has 1 aromatic rings. The summed E-state index contributed by atoms with van der Waals surface area (Å²) in [5.41, 5.74) is 0.585. The lowest BCUT2D eigenvalue weighted by atomic mass is 10.1. The van der Waals surface area contributed by atoms with E-state index in [0.29, 0.717) is 18.5 Å². The lowest BCUT2D eigenvalue weighted by Crippen LogP contribution is -2.42. The van der Waals surface area contributed by atoms with E-state index in [1.54, 1.807) is 7.05 Å². The summed E-state index contributed by atoms with van der Waals surface area (Å²) in [5, 5.41) is 11.3. The van der Waals surface area contributed by atoms with Crippen molar-refractivity contribution in [3.63, 3.8) is 0 Å². The number of urea groups is 1. The second-order valence-electron chi connectivity index (χ2n) is 4.67. The Balaban J connectivity index is 2.45. The van der Waals surface area contributed by atoms with Gasteiger partial charge in [-0.2, -0.15) is 0 Å². The molecule has 2 N–H and O–H groups in total. The fourth-order valence-electron chi connectivity index (χ4n) is 1.72. The number of carboxylic acids is 1. The highest BCUT2D eigenvalue weighted by atomic mass is 19.1. The summed E-state index contributed by atoms with van der Waals surface area (Å²) in [4.78, 5) is 23.7. The average Bonchev–Trinajstić information content (AvgIpc) is 2.38. The Kier molecular flexibility index (Phi) is 5.96. The molecule has 0 heterocycles. The number of aliphatic carboxylic acids is 1. The standard InChI is InChI=1S/C14H19FN2O3/c1-10(4-3-5-13(18)19)16-14(20)17(2)12-8-6-11(15)7-9-12/h6-10H,3-5H2,1-2H3,(H,16,20)(H,18,19). The van der Waals surface area contributed by atoms with Crippen molar-refractivity contribution in [2.45, 2.75) is 32.2 Å². The Morgan fingerprint density at radius 3 is 2.50 bits per heavy atom. The summed E-state index contributed by atoms with van der Waals surface area (Å²) in [6.07, 6.45) is 1.19. The first-order valence-corrected chi connectivity index (χ1v) is 6.41. The molecule has 1 aromatic carbocycles. The largest absolute Gasteiger partial charge is 0.481 e. The van der Waals surface area contributed by atoms with Crippen LogP contribution in [-0.4, -0.2) is 30.2 Å². The second kappa shape index (κ2) is 7.47. The van der Waals surface area contributed by atoms with Crippen LogP contribution in [0, 0.1) is 5.82 Å². The SMILES string of the molecule is CC(CCCC(=O)O)NC(=O)N(C)c1ccc(F)cc1. The minimum atomic E-state index is -0.841. The summed E-state index contributed by atoms with van der Waals surface area (Å²) in [7, 11) is 1.59. The first-order valence-electron chi connectivity index (χ1n) is 6.41. The van der Waals surface area contributed by atoms with Crippen LogP contribution in [0.5, 0.6) is 0 Å². The van der Waals surface area contributed by atoms with Gasteiger partial charge in [0.25, 0.3) is 0 Å². The van der Waals surface area contributed by atoms with Crippen LogP contribution in [0.15, 0.2) is 24.3 Å². The van der Waals surface area contributed by atoms with Crippen LogP contribution in [0.25, 0.3) is 0 Å². The molecule has 2 amide bonds. The van der Waals surface area contributed by atoms with Crippen molar-refractivity contribution in [3.05, 3.63) is 30.1 Å². The van der Waals surface area contributed by atoms with Crippen LogP contribution >= 0.6 is 0 Å². The van der Waals surface area contributed by atoms with Gasteiger partial charge in [-0.25, -0.2) is 9.18 Å². The molecule has 1 unspecified atom stereocenters. The summed E-state index contributed by atoms with van der Waals surface area (Å²) in [6.45, 7) is 1.82. The third-order valence-electron chi connectivity index (χ3n) is 2.92. The quantitative estimate of drug-likeness (QED) is 0.842. The van der Waals surface area contributed by atoms with E-state index in [-0.39, 0.29) is 24.3 Å². The summed E-state index contributed by atoms with van der Waals surface area (Å²) in [5.74, 6) is -1.20. The fraction of sp³-hybridized carbons (Fsp3) is 0.429. The maximum Gasteiger partial charge on any atom is 0.321 e. The molecule has 20 heavy (non-hydrogen) atoms. The van der Waals surface area contributed by atoms with Crippen molar-refractivity contribution >= 4 is 17.7 Å². The van der Waals surface area contributed by atoms with E-state index in [4.69, 9.17) is 5.11 Å². The smallest absolute Gasteiger partial charge is 0.321 e. The molecule has 0 saturated heterocycles. The third-order valence-corrected chi connectivity index (χ3v) is 2.92. The molecule has 0 aliphatic heterocycles. The molecule has 6 heteroatoms. The topological polar surface area (TPSA) is 69.6 Å². The van der Waals surface area contributed by atoms with E-state index >= 15 is 0 Å². The maximum atomic E-state index is 12.8. The van der Waals surface area contributed by atoms with Crippen molar-refractivity contribution in [2.75, 3.05) is 11.9 Å². The van der Waals surface area contributed by atoms with E-state index in [1.165, 1.54) is 29.2 Å². The van der Waals surface area contributed by atoms with Gasteiger partial charge in [-0.15, -0.1) is 0 Å². The highest BCUT2D eigenvalue weighted by molar-refractivity contribution is 5.91. The molecular formula is C14H19FN2O3. The average molecular weight is 282 g/mol. The molecule has 0 bridgehead atoms. The lowest BCUT2D eigenvalue weighted by Gasteiger charge is -2.21. The summed E-state index contributed by atoms with van der Waals surface area (Å²) < 4.78 is 12.8. The Morgan fingerprint density at radius 2 is 1.95 bits per heavy atom. The van der Waals surface area contributed by atoms with Crippen molar-refractivity contribution < 1.29 is 19.1 Å². The van der Waals surface area contributed by atoms with Crippen LogP contribution in [0.4, 0.5) is 14.9 Å². The zero-order valence-corrected chi connectivity index (χ0v) is 11.6. The molecule has 1 atom stereocenters. The molecule has 0 spiro atoms. The maximum absolute atomic E-state index is 12.8. The number of halogens is 1. The molecule has 0 aromatic heterocycles. The number of carbonyl (C=O) groups is 2. The molecule has 5 nitrogen and oxygen atoms in total. The Hall–Kier alpha value is -2.11. The van der Waals surface area contributed by atoms with Gasteiger partial charge >= 0.3 is 12.0 Å². The van der Waals surface area contributed by atoms with Crippen molar-refractivity contribution in [3.8, 4) is 0 Å². The third kappa shape index (κ3) is 5.26. The van der Waals surface area contributed by atoms with E-state index in [1.807, 2.05) is 6.92 Å². The van der Waals surface area contributed by atoms with Crippen molar-refractivity contribution in [1.82, 2.24) is 5.32 Å². The molecule has 110 valence electrons. The zero-order valence-electron chi connectivity index (χ0n) is 11.6. The number of carbonyl (C=O) groups excluding carboxylic acids is 1. The normalized spacial score (nSPS) is 11.8.